The Hall–Kier alpha value is -1.62. The van der Waals surface area contributed by atoms with Gasteiger partial charge in [-0.1, -0.05) is 12.1 Å². The normalized spacial score (nSPS) is 21.8. The molecule has 102 valence electrons. The predicted molar refractivity (Wildman–Crippen MR) is 72.5 cm³/mol. The molecule has 5 heteroatoms. The minimum absolute atomic E-state index is 0.0738. The fraction of sp³-hybridized carbons (Fsp3) is 0.571. The summed E-state index contributed by atoms with van der Waals surface area (Å²) in [6, 6.07) is 7.09. The molecule has 2 heterocycles. The highest BCUT2D eigenvalue weighted by atomic mass is 16.6. The Morgan fingerprint density at radius 3 is 2.68 bits per heavy atom. The lowest BCUT2D eigenvalue weighted by Gasteiger charge is -2.42. The maximum Gasteiger partial charge on any atom is 0.292 e. The van der Waals surface area contributed by atoms with Crippen LogP contribution in [0.15, 0.2) is 24.3 Å². The largest absolute Gasteiger partial charge is 0.381 e. The number of nitro benzene ring substituents is 1. The average molecular weight is 262 g/mol. The van der Waals surface area contributed by atoms with Crippen LogP contribution in [0, 0.1) is 10.1 Å². The van der Waals surface area contributed by atoms with Gasteiger partial charge in [-0.3, -0.25) is 10.1 Å². The van der Waals surface area contributed by atoms with Crippen molar-refractivity contribution in [2.75, 3.05) is 24.7 Å². The monoisotopic (exact) mass is 262 g/mol. The minimum Gasteiger partial charge on any atom is -0.381 e. The van der Waals surface area contributed by atoms with Gasteiger partial charge in [-0.05, 0) is 31.7 Å². The Kier molecular flexibility index (Phi) is 3.14. The van der Waals surface area contributed by atoms with Crippen molar-refractivity contribution >= 4 is 11.4 Å². The van der Waals surface area contributed by atoms with Crippen molar-refractivity contribution in [2.45, 2.75) is 31.2 Å². The third-order valence-electron chi connectivity index (χ3n) is 4.39. The smallest absolute Gasteiger partial charge is 0.292 e. The van der Waals surface area contributed by atoms with Gasteiger partial charge in [0.1, 0.15) is 5.69 Å². The zero-order valence-electron chi connectivity index (χ0n) is 10.9. The molecule has 3 rings (SSSR count). The zero-order valence-corrected chi connectivity index (χ0v) is 10.9. The Labute approximate surface area is 112 Å². The predicted octanol–water partition coefficient (Wildman–Crippen LogP) is 2.74. The topological polar surface area (TPSA) is 55.6 Å². The quantitative estimate of drug-likeness (QED) is 0.607. The van der Waals surface area contributed by atoms with Gasteiger partial charge in [0.15, 0.2) is 0 Å². The molecule has 2 aliphatic rings. The first-order valence-electron chi connectivity index (χ1n) is 6.82. The molecule has 0 saturated carbocycles. The van der Waals surface area contributed by atoms with E-state index in [-0.39, 0.29) is 16.1 Å². The first kappa shape index (κ1) is 12.4. The van der Waals surface area contributed by atoms with Crippen LogP contribution in [-0.2, 0) is 4.74 Å². The maximum atomic E-state index is 11.2. The molecule has 5 nitrogen and oxygen atoms in total. The number of rotatable bonds is 2. The SMILES string of the molecule is O=[N+]([O-])c1ccccc1N1CCCC12CCOCC2. The number of ether oxygens (including phenoxy) is 1. The summed E-state index contributed by atoms with van der Waals surface area (Å²) in [6.07, 6.45) is 4.16. The molecular weight excluding hydrogens is 244 g/mol. The second-order valence-electron chi connectivity index (χ2n) is 5.34. The Bertz CT molecular complexity index is 483. The molecule has 0 radical (unpaired) electrons. The van der Waals surface area contributed by atoms with Crippen LogP contribution >= 0.6 is 0 Å². The zero-order chi connectivity index (χ0) is 13.3. The van der Waals surface area contributed by atoms with E-state index in [1.54, 1.807) is 12.1 Å². The van der Waals surface area contributed by atoms with Gasteiger partial charge in [-0.25, -0.2) is 0 Å². The van der Waals surface area contributed by atoms with Crippen molar-refractivity contribution in [1.29, 1.82) is 0 Å². The van der Waals surface area contributed by atoms with Gasteiger partial charge in [-0.15, -0.1) is 0 Å². The van der Waals surface area contributed by atoms with Crippen LogP contribution in [0.1, 0.15) is 25.7 Å². The number of benzene rings is 1. The van der Waals surface area contributed by atoms with E-state index < -0.39 is 0 Å². The van der Waals surface area contributed by atoms with Gasteiger partial charge >= 0.3 is 0 Å². The van der Waals surface area contributed by atoms with Crippen LogP contribution in [0.3, 0.4) is 0 Å². The van der Waals surface area contributed by atoms with Crippen molar-refractivity contribution in [3.63, 3.8) is 0 Å². The summed E-state index contributed by atoms with van der Waals surface area (Å²) < 4.78 is 5.46. The van der Waals surface area contributed by atoms with Crippen molar-refractivity contribution in [3.8, 4) is 0 Å². The molecule has 0 aromatic heterocycles. The molecule has 0 amide bonds. The minimum atomic E-state index is -0.277. The molecule has 1 spiro atoms. The number of hydrogen-bond acceptors (Lipinski definition) is 4. The van der Waals surface area contributed by atoms with E-state index in [9.17, 15) is 10.1 Å². The molecule has 0 bridgehead atoms. The second-order valence-corrected chi connectivity index (χ2v) is 5.34. The molecular formula is C14H18N2O3. The van der Waals surface area contributed by atoms with Crippen LogP contribution in [-0.4, -0.2) is 30.2 Å². The summed E-state index contributed by atoms with van der Waals surface area (Å²) in [6.45, 7) is 2.43. The van der Waals surface area contributed by atoms with Crippen LogP contribution in [0.4, 0.5) is 11.4 Å². The molecule has 2 saturated heterocycles. The van der Waals surface area contributed by atoms with Crippen molar-refractivity contribution in [1.82, 2.24) is 0 Å². The maximum absolute atomic E-state index is 11.2. The van der Waals surface area contributed by atoms with Gasteiger partial charge in [0.05, 0.1) is 4.92 Å². The van der Waals surface area contributed by atoms with Gasteiger partial charge in [-0.2, -0.15) is 0 Å². The first-order valence-corrected chi connectivity index (χ1v) is 6.82. The lowest BCUT2D eigenvalue weighted by molar-refractivity contribution is -0.384. The lowest BCUT2D eigenvalue weighted by Crippen LogP contribution is -2.48. The number of para-hydroxylation sites is 2. The molecule has 1 aromatic rings. The van der Waals surface area contributed by atoms with Gasteiger partial charge < -0.3 is 9.64 Å². The highest BCUT2D eigenvalue weighted by molar-refractivity contribution is 5.65. The van der Waals surface area contributed by atoms with Crippen molar-refractivity contribution in [3.05, 3.63) is 34.4 Å². The molecule has 1 aromatic carbocycles. The number of nitrogens with zero attached hydrogens (tertiary/aromatic N) is 2. The molecule has 0 unspecified atom stereocenters. The average Bonchev–Trinajstić information content (AvgIpc) is 2.82. The van der Waals surface area contributed by atoms with E-state index in [0.717, 1.165) is 51.1 Å². The number of anilines is 1. The van der Waals surface area contributed by atoms with Crippen LogP contribution in [0.5, 0.6) is 0 Å². The summed E-state index contributed by atoms with van der Waals surface area (Å²) in [5.41, 5.74) is 1.06. The van der Waals surface area contributed by atoms with E-state index in [1.165, 1.54) is 0 Å². The van der Waals surface area contributed by atoms with Crippen LogP contribution in [0.2, 0.25) is 0 Å². The summed E-state index contributed by atoms with van der Waals surface area (Å²) in [5.74, 6) is 0. The Morgan fingerprint density at radius 2 is 1.95 bits per heavy atom. The first-order chi connectivity index (χ1) is 9.23. The summed E-state index contributed by atoms with van der Waals surface area (Å²) >= 11 is 0. The summed E-state index contributed by atoms with van der Waals surface area (Å²) in [7, 11) is 0. The van der Waals surface area contributed by atoms with Crippen molar-refractivity contribution in [2.24, 2.45) is 0 Å². The fourth-order valence-corrected chi connectivity index (χ4v) is 3.43. The highest BCUT2D eigenvalue weighted by Gasteiger charge is 2.43. The van der Waals surface area contributed by atoms with Crippen molar-refractivity contribution < 1.29 is 9.66 Å². The van der Waals surface area contributed by atoms with Crippen LogP contribution < -0.4 is 4.90 Å². The third kappa shape index (κ3) is 2.08. The highest BCUT2D eigenvalue weighted by Crippen LogP contribution is 2.43. The second kappa shape index (κ2) is 4.81. The Morgan fingerprint density at radius 1 is 1.21 bits per heavy atom. The molecule has 0 N–H and O–H groups in total. The van der Waals surface area contributed by atoms with Gasteiger partial charge in [0, 0.05) is 31.4 Å². The van der Waals surface area contributed by atoms with E-state index >= 15 is 0 Å². The fourth-order valence-electron chi connectivity index (χ4n) is 3.43. The molecule has 0 atom stereocenters. The summed E-state index contributed by atoms with van der Waals surface area (Å²) in [4.78, 5) is 13.2. The van der Waals surface area contributed by atoms with Gasteiger partial charge in [0.2, 0.25) is 0 Å². The molecule has 19 heavy (non-hydrogen) atoms. The molecule has 0 aliphatic carbocycles. The van der Waals surface area contributed by atoms with E-state index in [4.69, 9.17) is 4.74 Å². The van der Waals surface area contributed by atoms with E-state index in [2.05, 4.69) is 4.90 Å². The lowest BCUT2D eigenvalue weighted by atomic mass is 9.87. The van der Waals surface area contributed by atoms with E-state index in [0.29, 0.717) is 0 Å². The Balaban J connectivity index is 1.99. The standard InChI is InChI=1S/C14H18N2O3/c17-16(18)13-5-2-1-4-12(13)15-9-3-6-14(15)7-10-19-11-8-14/h1-2,4-5H,3,6-11H2. The number of nitro groups is 1. The molecule has 2 aliphatic heterocycles. The summed E-state index contributed by atoms with van der Waals surface area (Å²) in [5, 5.41) is 11.2. The van der Waals surface area contributed by atoms with E-state index in [1.807, 2.05) is 12.1 Å². The molecule has 2 fully saturated rings. The van der Waals surface area contributed by atoms with Gasteiger partial charge in [0.25, 0.3) is 5.69 Å². The van der Waals surface area contributed by atoms with Crippen LogP contribution in [0.25, 0.3) is 0 Å². The third-order valence-corrected chi connectivity index (χ3v) is 4.39. The number of hydrogen-bond donors (Lipinski definition) is 0.